The Morgan fingerprint density at radius 1 is 1.15 bits per heavy atom. The fourth-order valence-electron chi connectivity index (χ4n) is 2.61. The Morgan fingerprint density at radius 3 is 2.81 bits per heavy atom. The van der Waals surface area contributed by atoms with Crippen molar-refractivity contribution >= 4 is 23.4 Å². The molecular formula is C17H17FN8O. The van der Waals surface area contributed by atoms with Crippen molar-refractivity contribution in [2.24, 2.45) is 0 Å². The van der Waals surface area contributed by atoms with Gasteiger partial charge in [0.2, 0.25) is 17.7 Å². The number of benzene rings is 1. The van der Waals surface area contributed by atoms with Gasteiger partial charge in [0.25, 0.3) is 5.78 Å². The Bertz CT molecular complexity index is 1080. The molecule has 0 spiro atoms. The first-order valence-corrected chi connectivity index (χ1v) is 8.32. The van der Waals surface area contributed by atoms with Gasteiger partial charge in [-0.2, -0.15) is 19.5 Å². The van der Waals surface area contributed by atoms with Crippen molar-refractivity contribution in [2.45, 2.75) is 12.8 Å². The fourth-order valence-corrected chi connectivity index (χ4v) is 2.61. The molecule has 27 heavy (non-hydrogen) atoms. The third-order valence-electron chi connectivity index (χ3n) is 3.97. The maximum absolute atomic E-state index is 13.5. The molecule has 0 atom stereocenters. The Balaban J connectivity index is 1.42. The molecular weight excluding hydrogens is 351 g/mol. The van der Waals surface area contributed by atoms with Crippen LogP contribution in [0.1, 0.15) is 12.0 Å². The number of rotatable bonds is 6. The smallest absolute Gasteiger partial charge is 0.259 e. The minimum Gasteiger partial charge on any atom is -0.461 e. The van der Waals surface area contributed by atoms with Gasteiger partial charge < -0.3 is 21.2 Å². The van der Waals surface area contributed by atoms with Crippen LogP contribution in [0.5, 0.6) is 0 Å². The number of aryl methyl sites for hydroxylation is 1. The molecule has 3 heterocycles. The first kappa shape index (κ1) is 16.8. The monoisotopic (exact) mass is 368 g/mol. The molecule has 4 aromatic rings. The summed E-state index contributed by atoms with van der Waals surface area (Å²) in [5.74, 6) is 1.32. The summed E-state index contributed by atoms with van der Waals surface area (Å²) in [5, 5.41) is 7.33. The number of nitrogens with one attached hydrogen (secondary N) is 1. The van der Waals surface area contributed by atoms with Crippen molar-refractivity contribution in [3.8, 4) is 11.6 Å². The lowest BCUT2D eigenvalue weighted by Crippen LogP contribution is -2.11. The highest BCUT2D eigenvalue weighted by Crippen LogP contribution is 2.18. The predicted molar refractivity (Wildman–Crippen MR) is 98.3 cm³/mol. The van der Waals surface area contributed by atoms with E-state index in [1.54, 1.807) is 18.2 Å². The van der Waals surface area contributed by atoms with Gasteiger partial charge in [-0.3, -0.25) is 0 Å². The van der Waals surface area contributed by atoms with Crippen LogP contribution in [0.25, 0.3) is 17.4 Å². The fraction of sp³-hybridized carbons (Fsp3) is 0.176. The van der Waals surface area contributed by atoms with E-state index in [9.17, 15) is 4.39 Å². The maximum Gasteiger partial charge on any atom is 0.259 e. The number of fused-ring (bicyclic) bond motifs is 1. The van der Waals surface area contributed by atoms with Crippen LogP contribution in [0.15, 0.2) is 41.0 Å². The van der Waals surface area contributed by atoms with Crippen LogP contribution in [0.3, 0.4) is 0 Å². The molecule has 4 rings (SSSR count). The SMILES string of the molecule is Nc1ccc(CCCNc2nc(N)n3nc(-c4ccco4)nc3n2)cc1F. The summed E-state index contributed by atoms with van der Waals surface area (Å²) >= 11 is 0. The molecule has 0 radical (unpaired) electrons. The van der Waals surface area contributed by atoms with Gasteiger partial charge in [0.15, 0.2) is 5.76 Å². The third kappa shape index (κ3) is 3.50. The van der Waals surface area contributed by atoms with Crippen molar-refractivity contribution < 1.29 is 8.81 Å². The predicted octanol–water partition coefficient (Wildman–Crippen LogP) is 2.13. The summed E-state index contributed by atoms with van der Waals surface area (Å²) in [6, 6.07) is 8.32. The third-order valence-corrected chi connectivity index (χ3v) is 3.97. The first-order chi connectivity index (χ1) is 13.1. The number of anilines is 3. The highest BCUT2D eigenvalue weighted by molar-refractivity contribution is 5.52. The summed E-state index contributed by atoms with van der Waals surface area (Å²) in [5.41, 5.74) is 12.4. The molecule has 0 amide bonds. The molecule has 5 N–H and O–H groups in total. The Labute approximate surface area is 153 Å². The number of hydrogen-bond donors (Lipinski definition) is 3. The number of furan rings is 1. The standard InChI is InChI=1S/C17H17FN8O/c18-11-9-10(5-6-12(11)19)3-1-7-21-16-23-15(20)26-17(24-16)22-14(25-26)13-4-2-8-27-13/h2,4-6,8-9H,1,3,7,19H2,(H3,20,21,22,23,24,25). The average molecular weight is 368 g/mol. The van der Waals surface area contributed by atoms with E-state index in [4.69, 9.17) is 15.9 Å². The number of hydrogen-bond acceptors (Lipinski definition) is 8. The molecule has 0 fully saturated rings. The lowest BCUT2D eigenvalue weighted by Gasteiger charge is -2.06. The summed E-state index contributed by atoms with van der Waals surface area (Å²) < 4.78 is 20.1. The molecule has 0 saturated carbocycles. The average Bonchev–Trinajstić information content (AvgIpc) is 3.31. The van der Waals surface area contributed by atoms with Gasteiger partial charge in [-0.25, -0.2) is 4.39 Å². The first-order valence-electron chi connectivity index (χ1n) is 8.32. The van der Waals surface area contributed by atoms with Gasteiger partial charge in [-0.05, 0) is 42.7 Å². The zero-order chi connectivity index (χ0) is 18.8. The van der Waals surface area contributed by atoms with Crippen molar-refractivity contribution in [2.75, 3.05) is 23.3 Å². The summed E-state index contributed by atoms with van der Waals surface area (Å²) in [4.78, 5) is 12.8. The zero-order valence-electron chi connectivity index (χ0n) is 14.3. The Kier molecular flexibility index (Phi) is 4.29. The molecule has 0 saturated heterocycles. The topological polar surface area (TPSA) is 133 Å². The molecule has 0 aliphatic carbocycles. The molecule has 1 aromatic carbocycles. The number of nitrogens with two attached hydrogens (primary N) is 2. The number of nitrogen functional groups attached to an aromatic ring is 2. The van der Waals surface area contributed by atoms with Crippen LogP contribution < -0.4 is 16.8 Å². The molecule has 0 aliphatic heterocycles. The van der Waals surface area contributed by atoms with Gasteiger partial charge >= 0.3 is 0 Å². The molecule has 0 unspecified atom stereocenters. The van der Waals surface area contributed by atoms with E-state index in [0.29, 0.717) is 36.3 Å². The van der Waals surface area contributed by atoms with Crippen molar-refractivity contribution in [1.29, 1.82) is 0 Å². The second kappa shape index (κ2) is 6.90. The summed E-state index contributed by atoms with van der Waals surface area (Å²) in [7, 11) is 0. The molecule has 0 bridgehead atoms. The van der Waals surface area contributed by atoms with Crippen molar-refractivity contribution in [1.82, 2.24) is 24.6 Å². The number of halogens is 1. The number of aromatic nitrogens is 5. The van der Waals surface area contributed by atoms with E-state index < -0.39 is 5.82 Å². The van der Waals surface area contributed by atoms with E-state index in [-0.39, 0.29) is 11.6 Å². The lowest BCUT2D eigenvalue weighted by molar-refractivity contribution is 0.577. The minimum absolute atomic E-state index is 0.149. The van der Waals surface area contributed by atoms with Gasteiger partial charge in [-0.15, -0.1) is 5.10 Å². The van der Waals surface area contributed by atoms with E-state index in [2.05, 4.69) is 25.4 Å². The second-order valence-corrected chi connectivity index (χ2v) is 5.92. The van der Waals surface area contributed by atoms with Gasteiger partial charge in [0.1, 0.15) is 5.82 Å². The normalized spacial score (nSPS) is 11.1. The van der Waals surface area contributed by atoms with Crippen LogP contribution >= 0.6 is 0 Å². The molecule has 3 aromatic heterocycles. The highest BCUT2D eigenvalue weighted by atomic mass is 19.1. The quantitative estimate of drug-likeness (QED) is 0.348. The highest BCUT2D eigenvalue weighted by Gasteiger charge is 2.13. The van der Waals surface area contributed by atoms with Crippen LogP contribution in [-0.4, -0.2) is 31.1 Å². The molecule has 9 nitrogen and oxygen atoms in total. The molecule has 0 aliphatic rings. The maximum atomic E-state index is 13.5. The summed E-state index contributed by atoms with van der Waals surface area (Å²) in [6.07, 6.45) is 2.98. The summed E-state index contributed by atoms with van der Waals surface area (Å²) in [6.45, 7) is 0.584. The van der Waals surface area contributed by atoms with Gasteiger partial charge in [0.05, 0.1) is 12.0 Å². The second-order valence-electron chi connectivity index (χ2n) is 5.92. The van der Waals surface area contributed by atoms with E-state index in [1.807, 2.05) is 6.07 Å². The van der Waals surface area contributed by atoms with Crippen LogP contribution in [0.4, 0.5) is 22.0 Å². The lowest BCUT2D eigenvalue weighted by atomic mass is 10.1. The van der Waals surface area contributed by atoms with E-state index in [0.717, 1.165) is 12.0 Å². The van der Waals surface area contributed by atoms with E-state index >= 15 is 0 Å². The zero-order valence-corrected chi connectivity index (χ0v) is 14.3. The Hall–Kier alpha value is -3.69. The van der Waals surface area contributed by atoms with Crippen molar-refractivity contribution in [3.05, 3.63) is 48.0 Å². The molecule has 138 valence electrons. The van der Waals surface area contributed by atoms with E-state index in [1.165, 1.54) is 16.8 Å². The van der Waals surface area contributed by atoms with Gasteiger partial charge in [0, 0.05) is 6.54 Å². The minimum atomic E-state index is -0.402. The Morgan fingerprint density at radius 2 is 2.04 bits per heavy atom. The van der Waals surface area contributed by atoms with Crippen LogP contribution in [0.2, 0.25) is 0 Å². The van der Waals surface area contributed by atoms with Gasteiger partial charge in [-0.1, -0.05) is 6.07 Å². The van der Waals surface area contributed by atoms with Crippen LogP contribution in [0, 0.1) is 5.82 Å². The largest absolute Gasteiger partial charge is 0.461 e. The number of nitrogens with zero attached hydrogens (tertiary/aromatic N) is 5. The molecule has 10 heteroatoms. The van der Waals surface area contributed by atoms with Crippen LogP contribution in [-0.2, 0) is 6.42 Å². The van der Waals surface area contributed by atoms with Crippen molar-refractivity contribution in [3.63, 3.8) is 0 Å².